The smallest absolute Gasteiger partial charge is 0.251 e. The number of fused-ring (bicyclic) bond motifs is 1. The van der Waals surface area contributed by atoms with Crippen LogP contribution in [-0.4, -0.2) is 79.1 Å². The third kappa shape index (κ3) is 5.73. The van der Waals surface area contributed by atoms with Crippen molar-refractivity contribution in [2.45, 2.75) is 70.4 Å². The normalized spacial score (nSPS) is 22.9. The van der Waals surface area contributed by atoms with E-state index in [2.05, 4.69) is 5.32 Å². The SMILES string of the molecule is CC(CCNC(=O)c1ccc(N(C)C)cc1)CC(=O)N1CCC2C1C(=O)CN2C(=O)C1CCCCC1. The number of anilines is 1. The topological polar surface area (TPSA) is 90.0 Å². The zero-order chi connectivity index (χ0) is 25.8. The molecule has 0 aromatic heterocycles. The average molecular weight is 497 g/mol. The molecule has 3 aliphatic rings. The molecule has 2 aliphatic heterocycles. The maximum absolute atomic E-state index is 13.1. The Morgan fingerprint density at radius 2 is 1.72 bits per heavy atom. The van der Waals surface area contributed by atoms with Crippen LogP contribution >= 0.6 is 0 Å². The summed E-state index contributed by atoms with van der Waals surface area (Å²) in [5, 5.41) is 2.94. The van der Waals surface area contributed by atoms with Gasteiger partial charge in [0, 0.05) is 50.8 Å². The molecule has 0 radical (unpaired) electrons. The minimum Gasteiger partial charge on any atom is -0.378 e. The summed E-state index contributed by atoms with van der Waals surface area (Å²) in [4.78, 5) is 57.0. The van der Waals surface area contributed by atoms with E-state index in [1.165, 1.54) is 6.42 Å². The third-order valence-electron chi connectivity index (χ3n) is 8.07. The molecule has 8 heteroatoms. The van der Waals surface area contributed by atoms with E-state index >= 15 is 0 Å². The predicted molar refractivity (Wildman–Crippen MR) is 139 cm³/mol. The van der Waals surface area contributed by atoms with E-state index in [1.807, 2.05) is 50.2 Å². The number of carbonyl (C=O) groups excluding carboxylic acids is 4. The Labute approximate surface area is 214 Å². The number of Topliss-reactive ketones (excluding diaryl/α,β-unsaturated/α-hetero) is 1. The molecule has 1 aromatic carbocycles. The van der Waals surface area contributed by atoms with Gasteiger partial charge in [-0.1, -0.05) is 26.2 Å². The summed E-state index contributed by atoms with van der Waals surface area (Å²) in [6, 6.07) is 6.79. The Hall–Kier alpha value is -2.90. The first-order valence-corrected chi connectivity index (χ1v) is 13.4. The largest absolute Gasteiger partial charge is 0.378 e. The van der Waals surface area contributed by atoms with Crippen LogP contribution in [0.2, 0.25) is 0 Å². The lowest BCUT2D eigenvalue weighted by molar-refractivity contribution is -0.138. The number of benzene rings is 1. The molecule has 196 valence electrons. The number of ketones is 1. The van der Waals surface area contributed by atoms with Crippen LogP contribution in [0.25, 0.3) is 0 Å². The van der Waals surface area contributed by atoms with Gasteiger partial charge in [0.2, 0.25) is 11.8 Å². The molecule has 0 spiro atoms. The molecule has 3 unspecified atom stereocenters. The minimum absolute atomic E-state index is 0.00443. The van der Waals surface area contributed by atoms with E-state index in [9.17, 15) is 19.2 Å². The van der Waals surface area contributed by atoms with Crippen molar-refractivity contribution in [2.75, 3.05) is 38.6 Å². The van der Waals surface area contributed by atoms with Gasteiger partial charge in [-0.2, -0.15) is 0 Å². The first kappa shape index (κ1) is 26.2. The Kier molecular flexibility index (Phi) is 8.32. The van der Waals surface area contributed by atoms with Crippen molar-refractivity contribution in [2.24, 2.45) is 11.8 Å². The molecule has 2 saturated heterocycles. The zero-order valence-corrected chi connectivity index (χ0v) is 21.9. The number of nitrogens with one attached hydrogen (secondary N) is 1. The molecule has 2 heterocycles. The van der Waals surface area contributed by atoms with Crippen molar-refractivity contribution in [3.05, 3.63) is 29.8 Å². The fraction of sp³-hybridized carbons (Fsp3) is 0.643. The number of rotatable bonds is 8. The molecule has 1 saturated carbocycles. The van der Waals surface area contributed by atoms with Crippen LogP contribution in [0.1, 0.15) is 68.6 Å². The molecular formula is C28H40N4O4. The summed E-state index contributed by atoms with van der Waals surface area (Å²) >= 11 is 0. The van der Waals surface area contributed by atoms with E-state index in [1.54, 1.807) is 9.80 Å². The number of hydrogen-bond donors (Lipinski definition) is 1. The van der Waals surface area contributed by atoms with Gasteiger partial charge >= 0.3 is 0 Å². The van der Waals surface area contributed by atoms with Gasteiger partial charge < -0.3 is 20.0 Å². The monoisotopic (exact) mass is 496 g/mol. The summed E-state index contributed by atoms with van der Waals surface area (Å²) in [7, 11) is 3.91. The Morgan fingerprint density at radius 1 is 1.03 bits per heavy atom. The van der Waals surface area contributed by atoms with Crippen LogP contribution in [0.5, 0.6) is 0 Å². The standard InChI is InChI=1S/C28H40N4O4/c1-19(13-15-29-27(35)20-9-11-22(12-10-20)30(2)3)17-25(34)31-16-14-23-26(31)24(33)18-32(23)28(36)21-7-5-4-6-8-21/h9-12,19,21,23,26H,4-8,13-18H2,1-3H3,(H,29,35). The Bertz CT molecular complexity index is 970. The van der Waals surface area contributed by atoms with Crippen molar-refractivity contribution in [1.29, 1.82) is 0 Å². The lowest BCUT2D eigenvalue weighted by Gasteiger charge is -2.29. The van der Waals surface area contributed by atoms with Crippen LogP contribution in [0.15, 0.2) is 24.3 Å². The second-order valence-corrected chi connectivity index (χ2v) is 11.0. The molecule has 1 aliphatic carbocycles. The molecule has 4 rings (SSSR count). The second kappa shape index (κ2) is 11.4. The highest BCUT2D eigenvalue weighted by Gasteiger charge is 2.51. The molecule has 1 N–H and O–H groups in total. The van der Waals surface area contributed by atoms with Crippen molar-refractivity contribution < 1.29 is 19.2 Å². The van der Waals surface area contributed by atoms with E-state index in [4.69, 9.17) is 0 Å². The second-order valence-electron chi connectivity index (χ2n) is 11.0. The van der Waals surface area contributed by atoms with Crippen LogP contribution in [-0.2, 0) is 14.4 Å². The Morgan fingerprint density at radius 3 is 2.39 bits per heavy atom. The zero-order valence-electron chi connectivity index (χ0n) is 21.9. The summed E-state index contributed by atoms with van der Waals surface area (Å²) in [6.07, 6.45) is 6.87. The molecular weight excluding hydrogens is 456 g/mol. The number of likely N-dealkylation sites (tertiary alicyclic amines) is 2. The number of amides is 3. The molecule has 3 amide bonds. The summed E-state index contributed by atoms with van der Waals surface area (Å²) in [6.45, 7) is 3.16. The van der Waals surface area contributed by atoms with Crippen LogP contribution < -0.4 is 10.2 Å². The third-order valence-corrected chi connectivity index (χ3v) is 8.07. The highest BCUT2D eigenvalue weighted by molar-refractivity contribution is 5.98. The predicted octanol–water partition coefficient (Wildman–Crippen LogP) is 2.86. The first-order chi connectivity index (χ1) is 17.3. The van der Waals surface area contributed by atoms with Crippen molar-refractivity contribution in [3.63, 3.8) is 0 Å². The summed E-state index contributed by atoms with van der Waals surface area (Å²) < 4.78 is 0. The van der Waals surface area contributed by atoms with E-state index in [-0.39, 0.29) is 47.9 Å². The van der Waals surface area contributed by atoms with Gasteiger partial charge in [-0.25, -0.2) is 0 Å². The van der Waals surface area contributed by atoms with Crippen LogP contribution in [0.3, 0.4) is 0 Å². The quantitative estimate of drug-likeness (QED) is 0.598. The van der Waals surface area contributed by atoms with Gasteiger partial charge in [-0.15, -0.1) is 0 Å². The van der Waals surface area contributed by atoms with E-state index in [0.29, 0.717) is 37.9 Å². The fourth-order valence-corrected chi connectivity index (χ4v) is 5.94. The fourth-order valence-electron chi connectivity index (χ4n) is 5.94. The highest BCUT2D eigenvalue weighted by Crippen LogP contribution is 2.34. The maximum Gasteiger partial charge on any atom is 0.251 e. The lowest BCUT2D eigenvalue weighted by atomic mass is 9.88. The van der Waals surface area contributed by atoms with Crippen LogP contribution in [0.4, 0.5) is 5.69 Å². The van der Waals surface area contributed by atoms with E-state index < -0.39 is 6.04 Å². The molecule has 8 nitrogen and oxygen atoms in total. The van der Waals surface area contributed by atoms with Gasteiger partial charge in [-0.3, -0.25) is 19.2 Å². The minimum atomic E-state index is -0.484. The number of hydrogen-bond acceptors (Lipinski definition) is 5. The summed E-state index contributed by atoms with van der Waals surface area (Å²) in [5.41, 5.74) is 1.64. The van der Waals surface area contributed by atoms with E-state index in [0.717, 1.165) is 31.4 Å². The number of nitrogens with zero attached hydrogens (tertiary/aromatic N) is 3. The number of carbonyl (C=O) groups is 4. The molecule has 3 fully saturated rings. The Balaban J connectivity index is 1.24. The van der Waals surface area contributed by atoms with Crippen molar-refractivity contribution in [1.82, 2.24) is 15.1 Å². The van der Waals surface area contributed by atoms with Crippen molar-refractivity contribution in [3.8, 4) is 0 Å². The van der Waals surface area contributed by atoms with Crippen molar-refractivity contribution >= 4 is 29.2 Å². The first-order valence-electron chi connectivity index (χ1n) is 13.4. The lowest BCUT2D eigenvalue weighted by Crippen LogP contribution is -2.45. The van der Waals surface area contributed by atoms with Gasteiger partial charge in [0.05, 0.1) is 12.6 Å². The molecule has 36 heavy (non-hydrogen) atoms. The highest BCUT2D eigenvalue weighted by atomic mass is 16.2. The molecule has 1 aromatic rings. The average Bonchev–Trinajstić information content (AvgIpc) is 3.45. The molecule has 3 atom stereocenters. The summed E-state index contributed by atoms with van der Waals surface area (Å²) in [5.74, 6) is 0.0718. The van der Waals surface area contributed by atoms with Gasteiger partial charge in [0.1, 0.15) is 6.04 Å². The van der Waals surface area contributed by atoms with Crippen LogP contribution in [0, 0.1) is 11.8 Å². The van der Waals surface area contributed by atoms with Gasteiger partial charge in [0.25, 0.3) is 5.91 Å². The maximum atomic E-state index is 13.1. The molecule has 0 bridgehead atoms. The van der Waals surface area contributed by atoms with Gasteiger partial charge in [0.15, 0.2) is 5.78 Å². The van der Waals surface area contributed by atoms with Gasteiger partial charge in [-0.05, 0) is 55.9 Å².